The molecule has 0 bridgehead atoms. The molecule has 0 atom stereocenters. The van der Waals surface area contributed by atoms with Gasteiger partial charge in [-0.2, -0.15) is 0 Å². The molecule has 1 aliphatic rings. The number of carbonyl (C=O) groups excluding carboxylic acids is 1. The lowest BCUT2D eigenvalue weighted by Gasteiger charge is -2.16. The Bertz CT molecular complexity index is 484. The number of carbonyl (C=O) groups is 1. The molecule has 18 heavy (non-hydrogen) atoms. The van der Waals surface area contributed by atoms with Gasteiger partial charge in [0.1, 0.15) is 5.75 Å². The molecule has 0 unspecified atom stereocenters. The van der Waals surface area contributed by atoms with Crippen LogP contribution in [-0.4, -0.2) is 17.5 Å². The fourth-order valence-corrected chi connectivity index (χ4v) is 2.25. The normalized spacial score (nSPS) is 16.0. The monoisotopic (exact) mass is 264 g/mol. The number of amides is 1. The van der Waals surface area contributed by atoms with Gasteiger partial charge in [-0.15, -0.1) is 0 Å². The topological polar surface area (TPSA) is 78.3 Å². The maximum Gasteiger partial charge on any atom is 0.252 e. The summed E-state index contributed by atoms with van der Waals surface area (Å²) in [6, 6.07) is 6.98. The maximum atomic E-state index is 11.2. The molecule has 1 aromatic carbocycles. The summed E-state index contributed by atoms with van der Waals surface area (Å²) < 4.78 is 5.71. The number of para-hydroxylation sites is 1. The predicted octanol–water partition coefficient (Wildman–Crippen LogP) is 1.62. The van der Waals surface area contributed by atoms with E-state index in [0.717, 1.165) is 12.8 Å². The van der Waals surface area contributed by atoms with Gasteiger partial charge in [-0.05, 0) is 25.0 Å². The summed E-state index contributed by atoms with van der Waals surface area (Å²) in [6.45, 7) is 0.522. The van der Waals surface area contributed by atoms with Gasteiger partial charge in [0.15, 0.2) is 0 Å². The van der Waals surface area contributed by atoms with Crippen LogP contribution >= 0.6 is 12.2 Å². The van der Waals surface area contributed by atoms with E-state index in [1.807, 2.05) is 6.07 Å². The molecule has 1 aliphatic carbocycles. The molecule has 2 rings (SSSR count). The van der Waals surface area contributed by atoms with Gasteiger partial charge in [0, 0.05) is 11.8 Å². The third kappa shape index (κ3) is 2.98. The molecule has 0 aliphatic heterocycles. The van der Waals surface area contributed by atoms with E-state index < -0.39 is 5.91 Å². The summed E-state index contributed by atoms with van der Waals surface area (Å²) in [7, 11) is 0. The molecule has 0 heterocycles. The second-order valence-electron chi connectivity index (χ2n) is 4.79. The van der Waals surface area contributed by atoms with E-state index in [2.05, 4.69) is 0 Å². The van der Waals surface area contributed by atoms with E-state index in [1.54, 1.807) is 18.2 Å². The molecule has 4 nitrogen and oxygen atoms in total. The number of benzene rings is 1. The highest BCUT2D eigenvalue weighted by atomic mass is 32.1. The van der Waals surface area contributed by atoms with Crippen LogP contribution in [0.25, 0.3) is 0 Å². The summed E-state index contributed by atoms with van der Waals surface area (Å²) >= 11 is 4.93. The van der Waals surface area contributed by atoms with Crippen molar-refractivity contribution in [1.82, 2.24) is 0 Å². The molecule has 5 heteroatoms. The van der Waals surface area contributed by atoms with Gasteiger partial charge < -0.3 is 16.2 Å². The third-order valence-corrected chi connectivity index (χ3v) is 3.34. The molecule has 1 amide bonds. The van der Waals surface area contributed by atoms with Crippen molar-refractivity contribution < 1.29 is 9.53 Å². The zero-order chi connectivity index (χ0) is 13.2. The van der Waals surface area contributed by atoms with E-state index in [4.69, 9.17) is 28.4 Å². The van der Waals surface area contributed by atoms with Gasteiger partial charge in [0.25, 0.3) is 5.91 Å². The molecule has 4 N–H and O–H groups in total. The first-order valence-corrected chi connectivity index (χ1v) is 6.23. The van der Waals surface area contributed by atoms with Gasteiger partial charge in [-0.3, -0.25) is 4.79 Å². The Kier molecular flexibility index (Phi) is 3.52. The van der Waals surface area contributed by atoms with Crippen LogP contribution in [0.4, 0.5) is 0 Å². The standard InChI is InChI=1S/C13H16N2O2S/c14-11(18)7-13(5-6-13)8-17-10-4-2-1-3-9(10)12(15)16/h1-4H,5-8H2,(H2,14,18)(H2,15,16). The largest absolute Gasteiger partial charge is 0.492 e. The predicted molar refractivity (Wildman–Crippen MR) is 73.5 cm³/mol. The molecule has 1 aromatic rings. The van der Waals surface area contributed by atoms with E-state index >= 15 is 0 Å². The third-order valence-electron chi connectivity index (χ3n) is 3.19. The Labute approximate surface area is 111 Å². The lowest BCUT2D eigenvalue weighted by atomic mass is 10.0. The van der Waals surface area contributed by atoms with Crippen LogP contribution in [0.2, 0.25) is 0 Å². The van der Waals surface area contributed by atoms with Crippen molar-refractivity contribution >= 4 is 23.1 Å². The minimum absolute atomic E-state index is 0.0661. The maximum absolute atomic E-state index is 11.2. The summed E-state index contributed by atoms with van der Waals surface area (Å²) in [4.78, 5) is 11.8. The fraction of sp³-hybridized carbons (Fsp3) is 0.385. The highest BCUT2D eigenvalue weighted by Crippen LogP contribution is 2.49. The number of thiocarbonyl (C=S) groups is 1. The fourth-order valence-electron chi connectivity index (χ4n) is 1.95. The first-order valence-electron chi connectivity index (χ1n) is 5.82. The zero-order valence-corrected chi connectivity index (χ0v) is 10.8. The number of rotatable bonds is 6. The van der Waals surface area contributed by atoms with E-state index in [-0.39, 0.29) is 5.41 Å². The highest BCUT2D eigenvalue weighted by Gasteiger charge is 2.44. The summed E-state index contributed by atoms with van der Waals surface area (Å²) in [6.07, 6.45) is 2.81. The zero-order valence-electron chi connectivity index (χ0n) is 10.0. The molecule has 0 aromatic heterocycles. The van der Waals surface area contributed by atoms with Crippen LogP contribution in [-0.2, 0) is 0 Å². The van der Waals surface area contributed by atoms with Crippen molar-refractivity contribution in [3.8, 4) is 5.75 Å². The molecule has 96 valence electrons. The lowest BCUT2D eigenvalue weighted by Crippen LogP contribution is -2.22. The van der Waals surface area contributed by atoms with Crippen molar-refractivity contribution in [2.24, 2.45) is 16.9 Å². The molecule has 0 radical (unpaired) electrons. The Morgan fingerprint density at radius 2 is 2.00 bits per heavy atom. The minimum atomic E-state index is -0.482. The van der Waals surface area contributed by atoms with Crippen LogP contribution in [0.3, 0.4) is 0 Å². The van der Waals surface area contributed by atoms with E-state index in [9.17, 15) is 4.79 Å². The number of primary amides is 1. The average molecular weight is 264 g/mol. The van der Waals surface area contributed by atoms with Crippen LogP contribution in [0.1, 0.15) is 29.6 Å². The number of ether oxygens (including phenoxy) is 1. The summed E-state index contributed by atoms with van der Waals surface area (Å²) in [5.41, 5.74) is 11.3. The Hall–Kier alpha value is -1.62. The van der Waals surface area contributed by atoms with Gasteiger partial charge in [-0.1, -0.05) is 24.4 Å². The van der Waals surface area contributed by atoms with E-state index in [1.165, 1.54) is 0 Å². The van der Waals surface area contributed by atoms with Crippen molar-refractivity contribution in [3.63, 3.8) is 0 Å². The van der Waals surface area contributed by atoms with Gasteiger partial charge >= 0.3 is 0 Å². The van der Waals surface area contributed by atoms with Gasteiger partial charge in [0.2, 0.25) is 0 Å². The molecule has 0 saturated heterocycles. The van der Waals surface area contributed by atoms with Gasteiger partial charge in [-0.25, -0.2) is 0 Å². The summed E-state index contributed by atoms with van der Waals surface area (Å²) in [5, 5.41) is 0. The molecule has 0 spiro atoms. The van der Waals surface area contributed by atoms with Crippen molar-refractivity contribution in [2.75, 3.05) is 6.61 Å². The molecular weight excluding hydrogens is 248 g/mol. The molecular formula is C13H16N2O2S. The Morgan fingerprint density at radius 1 is 1.33 bits per heavy atom. The second kappa shape index (κ2) is 4.94. The SMILES string of the molecule is NC(=O)c1ccccc1OCC1(CC(N)=S)CC1. The first-order chi connectivity index (χ1) is 8.52. The number of hydrogen-bond donors (Lipinski definition) is 2. The van der Waals surface area contributed by atoms with Crippen molar-refractivity contribution in [1.29, 1.82) is 0 Å². The number of nitrogens with two attached hydrogens (primary N) is 2. The molecule has 1 saturated carbocycles. The van der Waals surface area contributed by atoms with Crippen LogP contribution < -0.4 is 16.2 Å². The van der Waals surface area contributed by atoms with E-state index in [0.29, 0.717) is 29.3 Å². The minimum Gasteiger partial charge on any atom is -0.492 e. The quantitative estimate of drug-likeness (QED) is 0.765. The lowest BCUT2D eigenvalue weighted by molar-refractivity contribution is 0.0995. The second-order valence-corrected chi connectivity index (χ2v) is 5.32. The van der Waals surface area contributed by atoms with Crippen LogP contribution in [0, 0.1) is 5.41 Å². The van der Waals surface area contributed by atoms with Gasteiger partial charge in [0.05, 0.1) is 17.2 Å². The first kappa shape index (κ1) is 12.8. The smallest absolute Gasteiger partial charge is 0.252 e. The van der Waals surface area contributed by atoms with Crippen LogP contribution in [0.5, 0.6) is 5.75 Å². The van der Waals surface area contributed by atoms with Crippen LogP contribution in [0.15, 0.2) is 24.3 Å². The Morgan fingerprint density at radius 3 is 2.56 bits per heavy atom. The Balaban J connectivity index is 2.03. The number of hydrogen-bond acceptors (Lipinski definition) is 3. The highest BCUT2D eigenvalue weighted by molar-refractivity contribution is 7.80. The molecule has 1 fully saturated rings. The average Bonchev–Trinajstić information content (AvgIpc) is 3.06. The van der Waals surface area contributed by atoms with Crippen molar-refractivity contribution in [2.45, 2.75) is 19.3 Å². The van der Waals surface area contributed by atoms with Crippen molar-refractivity contribution in [3.05, 3.63) is 29.8 Å². The summed E-state index contributed by atoms with van der Waals surface area (Å²) in [5.74, 6) is 0.0454.